The van der Waals surface area contributed by atoms with Gasteiger partial charge in [0, 0.05) is 12.8 Å². The van der Waals surface area contributed by atoms with Gasteiger partial charge < -0.3 is 23.7 Å². The highest BCUT2D eigenvalue weighted by atomic mass is 16.6. The van der Waals surface area contributed by atoms with Crippen molar-refractivity contribution in [2.24, 2.45) is 17.3 Å². The summed E-state index contributed by atoms with van der Waals surface area (Å²) in [4.78, 5) is 57.1. The third-order valence-corrected chi connectivity index (χ3v) is 7.87. The Morgan fingerprint density at radius 3 is 1.70 bits per heavy atom. The summed E-state index contributed by atoms with van der Waals surface area (Å²) >= 11 is 0. The quantitative estimate of drug-likeness (QED) is 0.0527. The molecule has 0 saturated carbocycles. The smallest absolute Gasteiger partial charge is 0.324 e. The molecule has 0 bridgehead atoms. The minimum absolute atomic E-state index is 0.117. The molecule has 0 aromatic carbocycles. The number of ether oxygens (including phenoxy) is 5. The molecule has 50 heavy (non-hydrogen) atoms. The van der Waals surface area contributed by atoms with Crippen LogP contribution in [0.3, 0.4) is 0 Å². The summed E-state index contributed by atoms with van der Waals surface area (Å²) in [7, 11) is 4.97. The van der Waals surface area contributed by atoms with Crippen LogP contribution in [-0.4, -0.2) is 64.9 Å². The fourth-order valence-electron chi connectivity index (χ4n) is 5.17. The van der Waals surface area contributed by atoms with Crippen molar-refractivity contribution in [2.75, 3.05) is 35.0 Å². The zero-order valence-corrected chi connectivity index (χ0v) is 30.5. The lowest BCUT2D eigenvalue weighted by molar-refractivity contribution is -0.171. The molecular weight excluding hydrogens is 640 g/mol. The van der Waals surface area contributed by atoms with E-state index < -0.39 is 41.1 Å². The second kappa shape index (κ2) is 27.1. The molecule has 0 saturated heterocycles. The first-order valence-corrected chi connectivity index (χ1v) is 16.7. The van der Waals surface area contributed by atoms with E-state index in [2.05, 4.69) is 47.4 Å². The molecule has 0 fully saturated rings. The Labute approximate surface area is 298 Å². The number of carbonyl (C=O) groups excluding carboxylic acids is 5. The molecule has 2 rings (SSSR count). The summed E-state index contributed by atoms with van der Waals surface area (Å²) < 4.78 is 23.3. The van der Waals surface area contributed by atoms with Gasteiger partial charge in [-0.2, -0.15) is 0 Å². The van der Waals surface area contributed by atoms with E-state index in [4.69, 9.17) is 14.2 Å². The fourth-order valence-corrected chi connectivity index (χ4v) is 5.17. The number of allylic oxidation sites excluding steroid dienone is 12. The lowest BCUT2D eigenvalue weighted by Gasteiger charge is -2.31. The highest BCUT2D eigenvalue weighted by molar-refractivity contribution is 6.01. The summed E-state index contributed by atoms with van der Waals surface area (Å²) in [5, 5.41) is 0. The van der Waals surface area contributed by atoms with Crippen LogP contribution in [0.25, 0.3) is 0 Å². The van der Waals surface area contributed by atoms with Gasteiger partial charge in [-0.15, -0.1) is 19.7 Å². The zero-order chi connectivity index (χ0) is 37.8. The SMILES string of the molecule is C=CCC(C(=O)OC)(C(=O)OC)C(C=C)/C=C/C1=CCCCC1.C=CCC(C(=O)OC)C(=O)OC.CC(=O)OC/C=C/C=C/C1=CCCCC1. The highest BCUT2D eigenvalue weighted by Gasteiger charge is 2.51. The Bertz CT molecular complexity index is 1250. The summed E-state index contributed by atoms with van der Waals surface area (Å²) in [5.41, 5.74) is 1.14. The van der Waals surface area contributed by atoms with E-state index in [9.17, 15) is 24.0 Å². The Kier molecular flexibility index (Phi) is 24.6. The number of carbonyl (C=O) groups is 5. The van der Waals surface area contributed by atoms with Crippen molar-refractivity contribution in [3.05, 3.63) is 97.7 Å². The molecule has 0 spiro atoms. The first kappa shape index (κ1) is 45.3. The molecule has 0 aromatic rings. The molecule has 2 aliphatic rings. The lowest BCUT2D eigenvalue weighted by Crippen LogP contribution is -2.45. The van der Waals surface area contributed by atoms with Crippen molar-refractivity contribution < 1.29 is 47.7 Å². The Morgan fingerprint density at radius 1 is 0.760 bits per heavy atom. The molecule has 0 amide bonds. The Hall–Kier alpha value is -4.73. The van der Waals surface area contributed by atoms with Crippen LogP contribution >= 0.6 is 0 Å². The van der Waals surface area contributed by atoms with E-state index in [-0.39, 0.29) is 18.8 Å². The molecule has 1 atom stereocenters. The number of methoxy groups -OCH3 is 4. The normalized spacial score (nSPS) is 14.8. The molecule has 10 nitrogen and oxygen atoms in total. The molecule has 0 radical (unpaired) electrons. The minimum atomic E-state index is -1.49. The van der Waals surface area contributed by atoms with Crippen molar-refractivity contribution >= 4 is 29.8 Å². The van der Waals surface area contributed by atoms with E-state index in [0.29, 0.717) is 6.61 Å². The molecule has 0 heterocycles. The van der Waals surface area contributed by atoms with Gasteiger partial charge in [0.15, 0.2) is 11.3 Å². The van der Waals surface area contributed by atoms with E-state index in [1.54, 1.807) is 6.08 Å². The van der Waals surface area contributed by atoms with Crippen LogP contribution in [0, 0.1) is 17.3 Å². The van der Waals surface area contributed by atoms with Gasteiger partial charge in [0.1, 0.15) is 6.61 Å². The van der Waals surface area contributed by atoms with Gasteiger partial charge in [-0.05, 0) is 70.3 Å². The van der Waals surface area contributed by atoms with Crippen molar-refractivity contribution in [1.82, 2.24) is 0 Å². The van der Waals surface area contributed by atoms with E-state index in [0.717, 1.165) is 19.3 Å². The predicted molar refractivity (Wildman–Crippen MR) is 194 cm³/mol. The second-order valence-corrected chi connectivity index (χ2v) is 11.3. The van der Waals surface area contributed by atoms with Crippen molar-refractivity contribution in [3.63, 3.8) is 0 Å². The van der Waals surface area contributed by atoms with Crippen molar-refractivity contribution in [3.8, 4) is 0 Å². The molecule has 0 aromatic heterocycles. The molecule has 10 heteroatoms. The maximum atomic E-state index is 12.4. The van der Waals surface area contributed by atoms with Crippen LogP contribution in [-0.2, 0) is 47.7 Å². The average molecular weight is 697 g/mol. The minimum Gasteiger partial charge on any atom is -0.468 e. The zero-order valence-electron chi connectivity index (χ0n) is 30.5. The Morgan fingerprint density at radius 2 is 1.30 bits per heavy atom. The molecule has 276 valence electrons. The van der Waals surface area contributed by atoms with E-state index in [1.165, 1.54) is 90.8 Å². The largest absolute Gasteiger partial charge is 0.468 e. The lowest BCUT2D eigenvalue weighted by atomic mass is 9.72. The van der Waals surface area contributed by atoms with Gasteiger partial charge in [0.25, 0.3) is 0 Å². The van der Waals surface area contributed by atoms with Crippen LogP contribution in [0.1, 0.15) is 71.1 Å². The highest BCUT2D eigenvalue weighted by Crippen LogP contribution is 2.38. The third kappa shape index (κ3) is 16.6. The topological polar surface area (TPSA) is 132 Å². The van der Waals surface area contributed by atoms with E-state index >= 15 is 0 Å². The third-order valence-electron chi connectivity index (χ3n) is 7.87. The summed E-state index contributed by atoms with van der Waals surface area (Å²) in [5.74, 6) is -4.13. The summed E-state index contributed by atoms with van der Waals surface area (Å²) in [6.07, 6.45) is 30.5. The molecule has 0 N–H and O–H groups in total. The number of esters is 5. The maximum absolute atomic E-state index is 12.4. The van der Waals surface area contributed by atoms with Gasteiger partial charge in [0.2, 0.25) is 0 Å². The van der Waals surface area contributed by atoms with E-state index in [1.807, 2.05) is 30.4 Å². The number of rotatable bonds is 16. The molecule has 1 unspecified atom stereocenters. The van der Waals surface area contributed by atoms with Crippen LogP contribution in [0.2, 0.25) is 0 Å². The van der Waals surface area contributed by atoms with Crippen molar-refractivity contribution in [1.29, 1.82) is 0 Å². The first-order valence-electron chi connectivity index (χ1n) is 16.7. The Balaban J connectivity index is 0.000000769. The molecule has 0 aliphatic heterocycles. The maximum Gasteiger partial charge on any atom is 0.324 e. The number of hydrogen-bond donors (Lipinski definition) is 0. The first-order chi connectivity index (χ1) is 24.0. The van der Waals surface area contributed by atoms with Gasteiger partial charge in [0.05, 0.1) is 28.4 Å². The van der Waals surface area contributed by atoms with Crippen LogP contribution in [0.5, 0.6) is 0 Å². The molecule has 2 aliphatic carbocycles. The average Bonchev–Trinajstić information content (AvgIpc) is 3.14. The number of hydrogen-bond acceptors (Lipinski definition) is 10. The second-order valence-electron chi connectivity index (χ2n) is 11.3. The van der Waals surface area contributed by atoms with Crippen LogP contribution < -0.4 is 0 Å². The van der Waals surface area contributed by atoms with Crippen LogP contribution in [0.4, 0.5) is 0 Å². The standard InChI is InChI=1S/C19H26O4.C13H18O2.C8H12O4/c1-5-14-19(17(20)22-3,18(21)23-4)16(6-2)13-12-15-10-8-7-9-11-15;1-12(14)15-11-7-3-6-10-13-8-4-2-5-9-13;1-4-5-6(7(9)11-2)8(10)12-3/h5-6,10,12-13,16H,1-2,7-9,11,14H2,3-4H3;3,6-8,10H,2,4-5,9,11H2,1H3;4,6H,1,5H2,2-3H3/b13-12+;7-3+,10-6+;. The van der Waals surface area contributed by atoms with Crippen LogP contribution in [0.15, 0.2) is 97.7 Å². The summed E-state index contributed by atoms with van der Waals surface area (Å²) in [6.45, 7) is 12.6. The molecular formula is C40H56O10. The van der Waals surface area contributed by atoms with Gasteiger partial charge in [-0.1, -0.05) is 71.9 Å². The monoisotopic (exact) mass is 696 g/mol. The van der Waals surface area contributed by atoms with Gasteiger partial charge in [-0.3, -0.25) is 24.0 Å². The van der Waals surface area contributed by atoms with Crippen molar-refractivity contribution in [2.45, 2.75) is 71.1 Å². The van der Waals surface area contributed by atoms with Gasteiger partial charge >= 0.3 is 29.8 Å². The predicted octanol–water partition coefficient (Wildman–Crippen LogP) is 7.44. The van der Waals surface area contributed by atoms with Gasteiger partial charge in [-0.25, -0.2) is 0 Å². The summed E-state index contributed by atoms with van der Waals surface area (Å²) in [6, 6.07) is 0. The fraction of sp³-hybridized carbons (Fsp3) is 0.475.